The minimum absolute atomic E-state index is 0.0542. The van der Waals surface area contributed by atoms with Gasteiger partial charge in [-0.3, -0.25) is 4.79 Å². The van der Waals surface area contributed by atoms with Gasteiger partial charge in [0.2, 0.25) is 0 Å². The van der Waals surface area contributed by atoms with Crippen LogP contribution in [0, 0.1) is 5.92 Å². The Hall–Kier alpha value is -2.19. The highest BCUT2D eigenvalue weighted by Gasteiger charge is 2.66. The molecule has 0 unspecified atom stereocenters. The van der Waals surface area contributed by atoms with E-state index in [1.54, 1.807) is 12.0 Å². The van der Waals surface area contributed by atoms with Crippen LogP contribution < -0.4 is 9.64 Å². The van der Waals surface area contributed by atoms with E-state index in [9.17, 15) is 14.7 Å². The maximum Gasteiger partial charge on any atom is 0.264 e. The smallest absolute Gasteiger partial charge is 0.264 e. The van der Waals surface area contributed by atoms with E-state index in [0.717, 1.165) is 16.8 Å². The van der Waals surface area contributed by atoms with Gasteiger partial charge in [0.25, 0.3) is 5.91 Å². The fourth-order valence-electron chi connectivity index (χ4n) is 5.50. The van der Waals surface area contributed by atoms with Crippen molar-refractivity contribution in [3.63, 3.8) is 0 Å². The predicted octanol–water partition coefficient (Wildman–Crippen LogP) is 3.42. The summed E-state index contributed by atoms with van der Waals surface area (Å²) in [7, 11) is -1.08. The van der Waals surface area contributed by atoms with Crippen LogP contribution >= 0.6 is 0 Å². The second-order valence-electron chi connectivity index (χ2n) is 9.13. The first-order valence-electron chi connectivity index (χ1n) is 10.8. The van der Waals surface area contributed by atoms with Gasteiger partial charge in [-0.25, -0.2) is 0 Å². The van der Waals surface area contributed by atoms with Gasteiger partial charge in [0, 0.05) is 23.6 Å². The maximum absolute atomic E-state index is 14.1. The van der Waals surface area contributed by atoms with Crippen molar-refractivity contribution >= 4 is 19.9 Å². The van der Waals surface area contributed by atoms with E-state index in [1.165, 1.54) is 0 Å². The number of nitrogens with zero attached hydrogens (tertiary/aromatic N) is 1. The molecule has 0 aromatic heterocycles. The Morgan fingerprint density at radius 1 is 1.19 bits per heavy atom. The van der Waals surface area contributed by atoms with Gasteiger partial charge < -0.3 is 24.3 Å². The monoisotopic (exact) mass is 441 g/mol. The van der Waals surface area contributed by atoms with Gasteiger partial charge in [-0.1, -0.05) is 37.3 Å². The molecule has 6 nitrogen and oxygen atoms in total. The highest BCUT2D eigenvalue weighted by atomic mass is 28.4. The lowest BCUT2D eigenvalue weighted by molar-refractivity contribution is -0.146. The Bertz CT molecular complexity index is 960. The number of anilines is 1. The number of hydrogen-bond donors (Lipinski definition) is 2. The molecule has 2 aliphatic heterocycles. The van der Waals surface area contributed by atoms with Crippen molar-refractivity contribution in [2.75, 3.05) is 18.6 Å². The molecule has 0 radical (unpaired) electrons. The number of benzene rings is 2. The summed E-state index contributed by atoms with van der Waals surface area (Å²) in [5.74, 6) is 0.302. The van der Waals surface area contributed by atoms with Crippen molar-refractivity contribution < 1.29 is 24.2 Å². The number of carbonyl (C=O) groups excluding carboxylic acids is 1. The van der Waals surface area contributed by atoms with Gasteiger partial charge in [-0.05, 0) is 43.3 Å². The molecule has 166 valence electrons. The molecule has 2 aromatic rings. The molecule has 2 N–H and O–H groups in total. The van der Waals surface area contributed by atoms with Crippen LogP contribution in [0.15, 0.2) is 48.5 Å². The summed E-state index contributed by atoms with van der Waals surface area (Å²) >= 11 is 0. The molecular formula is C24H31NO5Si. The molecule has 1 fully saturated rings. The summed E-state index contributed by atoms with van der Waals surface area (Å²) in [5, 5.41) is 9.66. The molecule has 4 rings (SSSR count). The molecule has 0 saturated carbocycles. The molecule has 0 aliphatic carbocycles. The van der Waals surface area contributed by atoms with Crippen molar-refractivity contribution in [1.82, 2.24) is 0 Å². The molecule has 0 bridgehead atoms. The van der Waals surface area contributed by atoms with E-state index >= 15 is 0 Å². The average Bonchev–Trinajstić information content (AvgIpc) is 3.16. The zero-order chi connectivity index (χ0) is 22.4. The molecule has 31 heavy (non-hydrogen) atoms. The SMILES string of the molecule is COc1ccc2c(c1)[C@]1(O[C@@H](CCO)[C@H]([Si](C)(C)O)[C@H]1C)C(=O)N2Cc1ccccc1. The third kappa shape index (κ3) is 3.49. The third-order valence-corrected chi connectivity index (χ3v) is 9.29. The average molecular weight is 442 g/mol. The Labute approximate surface area is 184 Å². The lowest BCUT2D eigenvalue weighted by atomic mass is 9.82. The standard InChI is InChI=1S/C24H31NO5Si/c1-16-22(31(3,4)28)21(12-13-26)30-24(16)19-14-18(29-2)10-11-20(19)25(23(24)27)15-17-8-6-5-7-9-17/h5-11,14,16,21-22,26,28H,12-13,15H2,1-4H3/t16-,21+,22-,24+/m1/s1. The van der Waals surface area contributed by atoms with Crippen molar-refractivity contribution in [3.05, 3.63) is 59.7 Å². The molecule has 4 atom stereocenters. The zero-order valence-electron chi connectivity index (χ0n) is 18.5. The van der Waals surface area contributed by atoms with Gasteiger partial charge >= 0.3 is 0 Å². The van der Waals surface area contributed by atoms with Crippen LogP contribution in [-0.2, 0) is 21.7 Å². The fourth-order valence-corrected chi connectivity index (χ4v) is 8.11. The number of rotatable bonds is 6. The lowest BCUT2D eigenvalue weighted by Gasteiger charge is -2.32. The van der Waals surface area contributed by atoms with Crippen LogP contribution in [0.25, 0.3) is 0 Å². The molecule has 1 saturated heterocycles. The predicted molar refractivity (Wildman–Crippen MR) is 121 cm³/mol. The van der Waals surface area contributed by atoms with E-state index in [-0.39, 0.29) is 30.1 Å². The normalized spacial score (nSPS) is 27.7. The molecule has 2 aliphatic rings. The Kier molecular flexibility index (Phi) is 5.72. The molecule has 7 heteroatoms. The Morgan fingerprint density at radius 3 is 2.52 bits per heavy atom. The van der Waals surface area contributed by atoms with E-state index < -0.39 is 13.9 Å². The topological polar surface area (TPSA) is 79.2 Å². The Balaban J connectivity index is 1.85. The first-order valence-corrected chi connectivity index (χ1v) is 13.8. The van der Waals surface area contributed by atoms with Crippen LogP contribution in [0.3, 0.4) is 0 Å². The first kappa shape index (κ1) is 22.0. The zero-order valence-corrected chi connectivity index (χ0v) is 19.5. The molecule has 1 amide bonds. The van der Waals surface area contributed by atoms with E-state index in [4.69, 9.17) is 9.47 Å². The van der Waals surface area contributed by atoms with Crippen LogP contribution in [0.2, 0.25) is 18.6 Å². The first-order chi connectivity index (χ1) is 14.7. The summed E-state index contributed by atoms with van der Waals surface area (Å²) in [6.07, 6.45) is 0.00489. The summed E-state index contributed by atoms with van der Waals surface area (Å²) in [6, 6.07) is 15.5. The summed E-state index contributed by atoms with van der Waals surface area (Å²) < 4.78 is 12.0. The summed E-state index contributed by atoms with van der Waals surface area (Å²) in [4.78, 5) is 26.9. The lowest BCUT2D eigenvalue weighted by Crippen LogP contribution is -2.46. The highest BCUT2D eigenvalue weighted by Crippen LogP contribution is 2.60. The number of fused-ring (bicyclic) bond motifs is 2. The van der Waals surface area contributed by atoms with Crippen LogP contribution in [0.4, 0.5) is 5.69 Å². The number of hydrogen-bond acceptors (Lipinski definition) is 5. The maximum atomic E-state index is 14.1. The molecule has 2 heterocycles. The van der Waals surface area contributed by atoms with E-state index in [2.05, 4.69) is 0 Å². The number of methoxy groups -OCH3 is 1. The molecule has 2 aromatic carbocycles. The van der Waals surface area contributed by atoms with Crippen LogP contribution in [0.1, 0.15) is 24.5 Å². The number of amides is 1. The minimum Gasteiger partial charge on any atom is -0.497 e. The fraction of sp³-hybridized carbons (Fsp3) is 0.458. The highest BCUT2D eigenvalue weighted by molar-refractivity contribution is 6.71. The second kappa shape index (κ2) is 8.06. The van der Waals surface area contributed by atoms with Gasteiger partial charge in [-0.2, -0.15) is 0 Å². The van der Waals surface area contributed by atoms with Crippen LogP contribution in [0.5, 0.6) is 5.75 Å². The van der Waals surface area contributed by atoms with Gasteiger partial charge in [0.15, 0.2) is 13.9 Å². The van der Waals surface area contributed by atoms with Gasteiger partial charge in [0.05, 0.1) is 25.4 Å². The summed E-state index contributed by atoms with van der Waals surface area (Å²) in [5.41, 5.74) is 1.24. The van der Waals surface area contributed by atoms with Crippen molar-refractivity contribution in [2.24, 2.45) is 5.92 Å². The summed E-state index contributed by atoms with van der Waals surface area (Å²) in [6.45, 7) is 6.15. The third-order valence-electron chi connectivity index (χ3n) is 6.79. The van der Waals surface area contributed by atoms with Gasteiger partial charge in [-0.15, -0.1) is 0 Å². The van der Waals surface area contributed by atoms with Crippen molar-refractivity contribution in [1.29, 1.82) is 0 Å². The van der Waals surface area contributed by atoms with Crippen molar-refractivity contribution in [3.8, 4) is 5.75 Å². The van der Waals surface area contributed by atoms with Crippen molar-refractivity contribution in [2.45, 2.75) is 50.2 Å². The van der Waals surface area contributed by atoms with Gasteiger partial charge in [0.1, 0.15) is 5.75 Å². The number of aliphatic hydroxyl groups excluding tert-OH is 1. The number of aliphatic hydroxyl groups is 1. The molecular weight excluding hydrogens is 410 g/mol. The quantitative estimate of drug-likeness (QED) is 0.672. The molecule has 1 spiro atoms. The van der Waals surface area contributed by atoms with E-state index in [1.807, 2.05) is 68.5 Å². The van der Waals surface area contributed by atoms with Crippen LogP contribution in [-0.4, -0.2) is 43.9 Å². The minimum atomic E-state index is -2.69. The Morgan fingerprint density at radius 2 is 1.90 bits per heavy atom. The number of ether oxygens (including phenoxy) is 2. The number of carbonyl (C=O) groups is 1. The second-order valence-corrected chi connectivity index (χ2v) is 13.1. The largest absolute Gasteiger partial charge is 0.497 e. The van der Waals surface area contributed by atoms with E-state index in [0.29, 0.717) is 18.7 Å².